The van der Waals surface area contributed by atoms with Gasteiger partial charge in [0.2, 0.25) is 5.91 Å². The van der Waals surface area contributed by atoms with Crippen LogP contribution in [0.2, 0.25) is 0 Å². The predicted molar refractivity (Wildman–Crippen MR) is 92.5 cm³/mol. The van der Waals surface area contributed by atoms with Gasteiger partial charge in [0.05, 0.1) is 12.7 Å². The average Bonchev–Trinajstić information content (AvgIpc) is 2.91. The van der Waals surface area contributed by atoms with Crippen LogP contribution < -0.4 is 5.32 Å². The summed E-state index contributed by atoms with van der Waals surface area (Å²) in [6.07, 6.45) is 2.88. The third-order valence-electron chi connectivity index (χ3n) is 4.02. The topological polar surface area (TPSA) is 42.2 Å². The Balaban J connectivity index is 1.55. The van der Waals surface area contributed by atoms with Crippen LogP contribution in [0.1, 0.15) is 22.3 Å². The van der Waals surface area contributed by atoms with Crippen LogP contribution in [0.5, 0.6) is 0 Å². The zero-order chi connectivity index (χ0) is 16.2. The summed E-state index contributed by atoms with van der Waals surface area (Å²) >= 11 is 0. The Morgan fingerprint density at radius 3 is 2.57 bits per heavy atom. The SMILES string of the molecule is Cc1ccc(CCNC(=O)Cc2coc3cc(C)ccc23)cc1. The normalized spacial score (nSPS) is 10.9. The van der Waals surface area contributed by atoms with Crippen molar-refractivity contribution in [3.05, 3.63) is 71.0 Å². The summed E-state index contributed by atoms with van der Waals surface area (Å²) in [6, 6.07) is 14.4. The van der Waals surface area contributed by atoms with Gasteiger partial charge in [-0.15, -0.1) is 0 Å². The molecule has 3 aromatic rings. The van der Waals surface area contributed by atoms with E-state index in [4.69, 9.17) is 4.42 Å². The van der Waals surface area contributed by atoms with Crippen LogP contribution in [0.15, 0.2) is 53.1 Å². The molecule has 0 aliphatic carbocycles. The van der Waals surface area contributed by atoms with Gasteiger partial charge in [0, 0.05) is 17.5 Å². The molecule has 0 saturated carbocycles. The smallest absolute Gasteiger partial charge is 0.224 e. The molecule has 0 aliphatic heterocycles. The lowest BCUT2D eigenvalue weighted by atomic mass is 10.1. The van der Waals surface area contributed by atoms with E-state index in [1.54, 1.807) is 6.26 Å². The molecule has 0 spiro atoms. The second-order valence-corrected chi connectivity index (χ2v) is 6.02. The molecule has 1 amide bonds. The monoisotopic (exact) mass is 307 g/mol. The van der Waals surface area contributed by atoms with Gasteiger partial charge in [-0.3, -0.25) is 4.79 Å². The number of furan rings is 1. The zero-order valence-corrected chi connectivity index (χ0v) is 13.6. The zero-order valence-electron chi connectivity index (χ0n) is 13.6. The van der Waals surface area contributed by atoms with Gasteiger partial charge in [0.15, 0.2) is 0 Å². The third kappa shape index (κ3) is 3.81. The highest BCUT2D eigenvalue weighted by Crippen LogP contribution is 2.22. The molecule has 3 rings (SSSR count). The number of aryl methyl sites for hydroxylation is 2. The Labute approximate surface area is 136 Å². The van der Waals surface area contributed by atoms with Crippen LogP contribution in [0.4, 0.5) is 0 Å². The van der Waals surface area contributed by atoms with Crippen molar-refractivity contribution in [2.45, 2.75) is 26.7 Å². The number of amides is 1. The molecule has 3 heteroatoms. The van der Waals surface area contributed by atoms with Crippen LogP contribution in [0.3, 0.4) is 0 Å². The number of hydrogen-bond acceptors (Lipinski definition) is 2. The first-order chi connectivity index (χ1) is 11.1. The van der Waals surface area contributed by atoms with Crippen molar-refractivity contribution in [1.29, 1.82) is 0 Å². The van der Waals surface area contributed by atoms with Crippen molar-refractivity contribution in [3.8, 4) is 0 Å². The van der Waals surface area contributed by atoms with Crippen LogP contribution in [0, 0.1) is 13.8 Å². The second-order valence-electron chi connectivity index (χ2n) is 6.02. The molecule has 0 fully saturated rings. The van der Waals surface area contributed by atoms with E-state index in [0.717, 1.165) is 28.5 Å². The molecule has 0 unspecified atom stereocenters. The fraction of sp³-hybridized carbons (Fsp3) is 0.250. The first-order valence-electron chi connectivity index (χ1n) is 7.91. The van der Waals surface area contributed by atoms with Gasteiger partial charge in [-0.05, 0) is 37.5 Å². The second kappa shape index (κ2) is 6.69. The molecule has 0 atom stereocenters. The fourth-order valence-corrected chi connectivity index (χ4v) is 2.66. The number of fused-ring (bicyclic) bond motifs is 1. The average molecular weight is 307 g/mol. The van der Waals surface area contributed by atoms with Gasteiger partial charge in [0.1, 0.15) is 5.58 Å². The lowest BCUT2D eigenvalue weighted by Crippen LogP contribution is -2.27. The lowest BCUT2D eigenvalue weighted by molar-refractivity contribution is -0.120. The van der Waals surface area contributed by atoms with Crippen molar-refractivity contribution < 1.29 is 9.21 Å². The maximum Gasteiger partial charge on any atom is 0.224 e. The first kappa shape index (κ1) is 15.3. The van der Waals surface area contributed by atoms with Gasteiger partial charge in [-0.25, -0.2) is 0 Å². The minimum Gasteiger partial charge on any atom is -0.464 e. The molecule has 2 aromatic carbocycles. The highest BCUT2D eigenvalue weighted by Gasteiger charge is 2.10. The fourth-order valence-electron chi connectivity index (χ4n) is 2.66. The Morgan fingerprint density at radius 1 is 1.04 bits per heavy atom. The molecule has 0 aliphatic rings. The highest BCUT2D eigenvalue weighted by atomic mass is 16.3. The maximum atomic E-state index is 12.1. The summed E-state index contributed by atoms with van der Waals surface area (Å²) in [6.45, 7) is 4.75. The van der Waals surface area contributed by atoms with Gasteiger partial charge in [-0.1, -0.05) is 42.0 Å². The van der Waals surface area contributed by atoms with E-state index in [0.29, 0.717) is 13.0 Å². The first-order valence-corrected chi connectivity index (χ1v) is 7.91. The quantitative estimate of drug-likeness (QED) is 0.775. The molecule has 23 heavy (non-hydrogen) atoms. The Kier molecular flexibility index (Phi) is 4.47. The van der Waals surface area contributed by atoms with E-state index in [1.165, 1.54) is 11.1 Å². The van der Waals surface area contributed by atoms with Crippen LogP contribution in [-0.2, 0) is 17.6 Å². The Bertz CT molecular complexity index is 815. The van der Waals surface area contributed by atoms with Crippen molar-refractivity contribution in [3.63, 3.8) is 0 Å². The number of carbonyl (C=O) groups excluding carboxylic acids is 1. The highest BCUT2D eigenvalue weighted by molar-refractivity contribution is 5.87. The largest absolute Gasteiger partial charge is 0.464 e. The molecular weight excluding hydrogens is 286 g/mol. The number of carbonyl (C=O) groups is 1. The van der Waals surface area contributed by atoms with E-state index in [2.05, 4.69) is 36.5 Å². The van der Waals surface area contributed by atoms with Crippen LogP contribution >= 0.6 is 0 Å². The molecule has 0 radical (unpaired) electrons. The summed E-state index contributed by atoms with van der Waals surface area (Å²) in [5.41, 5.74) is 5.42. The summed E-state index contributed by atoms with van der Waals surface area (Å²) < 4.78 is 5.54. The standard InChI is InChI=1S/C20H21NO2/c1-14-3-6-16(7-4-14)9-10-21-20(22)12-17-13-23-19-11-15(2)5-8-18(17)19/h3-8,11,13H,9-10,12H2,1-2H3,(H,21,22). The molecule has 0 bridgehead atoms. The van der Waals surface area contributed by atoms with Gasteiger partial charge in [-0.2, -0.15) is 0 Å². The Hall–Kier alpha value is -2.55. The molecule has 1 heterocycles. The van der Waals surface area contributed by atoms with E-state index in [1.807, 2.05) is 25.1 Å². The summed E-state index contributed by atoms with van der Waals surface area (Å²) in [5, 5.41) is 4.00. The molecule has 0 saturated heterocycles. The molecule has 3 nitrogen and oxygen atoms in total. The van der Waals surface area contributed by atoms with Crippen molar-refractivity contribution in [2.75, 3.05) is 6.54 Å². The maximum absolute atomic E-state index is 12.1. The van der Waals surface area contributed by atoms with Crippen LogP contribution in [-0.4, -0.2) is 12.5 Å². The Morgan fingerprint density at radius 2 is 1.78 bits per heavy atom. The molecular formula is C20H21NO2. The van der Waals surface area contributed by atoms with Crippen molar-refractivity contribution in [1.82, 2.24) is 5.32 Å². The van der Waals surface area contributed by atoms with Crippen molar-refractivity contribution >= 4 is 16.9 Å². The van der Waals surface area contributed by atoms with E-state index in [9.17, 15) is 4.79 Å². The van der Waals surface area contributed by atoms with Gasteiger partial charge >= 0.3 is 0 Å². The minimum absolute atomic E-state index is 0.0281. The number of nitrogens with one attached hydrogen (secondary N) is 1. The predicted octanol–water partition coefficient (Wildman–Crippen LogP) is 3.95. The summed E-state index contributed by atoms with van der Waals surface area (Å²) in [4.78, 5) is 12.1. The third-order valence-corrected chi connectivity index (χ3v) is 4.02. The summed E-state index contributed by atoms with van der Waals surface area (Å²) in [5.74, 6) is 0.0281. The van der Waals surface area contributed by atoms with E-state index >= 15 is 0 Å². The molecule has 1 aromatic heterocycles. The van der Waals surface area contributed by atoms with E-state index < -0.39 is 0 Å². The number of benzene rings is 2. The van der Waals surface area contributed by atoms with Gasteiger partial charge in [0.25, 0.3) is 0 Å². The van der Waals surface area contributed by atoms with Crippen molar-refractivity contribution in [2.24, 2.45) is 0 Å². The minimum atomic E-state index is 0.0281. The van der Waals surface area contributed by atoms with Crippen LogP contribution in [0.25, 0.3) is 11.0 Å². The summed E-state index contributed by atoms with van der Waals surface area (Å²) in [7, 11) is 0. The van der Waals surface area contributed by atoms with E-state index in [-0.39, 0.29) is 5.91 Å². The molecule has 118 valence electrons. The number of hydrogen-bond donors (Lipinski definition) is 1. The van der Waals surface area contributed by atoms with Gasteiger partial charge < -0.3 is 9.73 Å². The number of rotatable bonds is 5. The lowest BCUT2D eigenvalue weighted by Gasteiger charge is -2.05. The molecule has 1 N–H and O–H groups in total.